The summed E-state index contributed by atoms with van der Waals surface area (Å²) >= 11 is 0. The third-order valence-electron chi connectivity index (χ3n) is 7.41. The maximum Gasteiger partial charge on any atom is 0.316 e. The van der Waals surface area contributed by atoms with E-state index in [4.69, 9.17) is 14.2 Å². The molecule has 8 nitrogen and oxygen atoms in total. The van der Waals surface area contributed by atoms with Gasteiger partial charge in [0.15, 0.2) is 0 Å². The van der Waals surface area contributed by atoms with Crippen molar-refractivity contribution >= 4 is 17.8 Å². The van der Waals surface area contributed by atoms with E-state index in [-0.39, 0.29) is 37.4 Å². The Morgan fingerprint density at radius 2 is 1.20 bits per heavy atom. The van der Waals surface area contributed by atoms with Crippen molar-refractivity contribution in [3.05, 3.63) is 95.6 Å². The monoisotopic (exact) mass is 558 g/mol. The number of methoxy groups -OCH3 is 2. The minimum absolute atomic E-state index is 0.152. The Labute approximate surface area is 241 Å². The molecule has 0 radical (unpaired) electrons. The second-order valence-electron chi connectivity index (χ2n) is 10.4. The molecule has 1 heterocycles. The lowest BCUT2D eigenvalue weighted by molar-refractivity contribution is -0.170. The van der Waals surface area contributed by atoms with Gasteiger partial charge >= 0.3 is 5.97 Å². The molecular formula is C33H38N2O6. The zero-order valence-electron chi connectivity index (χ0n) is 24.3. The van der Waals surface area contributed by atoms with Crippen LogP contribution in [-0.2, 0) is 32.2 Å². The number of esters is 1. The molecule has 0 saturated carbocycles. The standard InChI is InChI=1S/C33H38N2O6/c1-6-41-33(38)28(25-10-8-7-9-11-25)30-32(37)34(20-23-12-16-26(39-4)17-13-23)29(22(2)3)31(36)35(30)21-24-14-18-27(40-5)19-15-24/h7-19,22,28-30H,6,20-21H2,1-5H3/t28-,29-,30+/m0/s1. The van der Waals surface area contributed by atoms with Gasteiger partial charge in [-0.15, -0.1) is 0 Å². The molecular weight excluding hydrogens is 520 g/mol. The number of piperazine rings is 1. The van der Waals surface area contributed by atoms with E-state index in [0.717, 1.165) is 11.1 Å². The largest absolute Gasteiger partial charge is 0.497 e. The number of hydrogen-bond acceptors (Lipinski definition) is 6. The predicted molar refractivity (Wildman–Crippen MR) is 155 cm³/mol. The fourth-order valence-electron chi connectivity index (χ4n) is 5.40. The van der Waals surface area contributed by atoms with E-state index >= 15 is 0 Å². The topological polar surface area (TPSA) is 85.4 Å². The van der Waals surface area contributed by atoms with Crippen molar-refractivity contribution in [2.24, 2.45) is 5.92 Å². The first-order chi connectivity index (χ1) is 19.8. The van der Waals surface area contributed by atoms with Crippen molar-refractivity contribution < 1.29 is 28.6 Å². The van der Waals surface area contributed by atoms with Crippen LogP contribution in [0.25, 0.3) is 0 Å². The first-order valence-corrected chi connectivity index (χ1v) is 13.9. The average molecular weight is 559 g/mol. The molecule has 0 aromatic heterocycles. The lowest BCUT2D eigenvalue weighted by Gasteiger charge is -2.48. The molecule has 1 fully saturated rings. The van der Waals surface area contributed by atoms with Gasteiger partial charge in [-0.1, -0.05) is 68.4 Å². The van der Waals surface area contributed by atoms with Crippen molar-refractivity contribution in [3.63, 3.8) is 0 Å². The Kier molecular flexibility index (Phi) is 9.65. The maximum atomic E-state index is 14.6. The molecule has 8 heteroatoms. The van der Waals surface area contributed by atoms with Crippen molar-refractivity contribution in [1.29, 1.82) is 0 Å². The van der Waals surface area contributed by atoms with E-state index in [1.165, 1.54) is 0 Å². The van der Waals surface area contributed by atoms with Gasteiger partial charge < -0.3 is 24.0 Å². The first-order valence-electron chi connectivity index (χ1n) is 13.9. The van der Waals surface area contributed by atoms with Crippen LogP contribution in [0.1, 0.15) is 43.4 Å². The summed E-state index contributed by atoms with van der Waals surface area (Å²) in [6, 6.07) is 22.0. The number of carbonyl (C=O) groups excluding carboxylic acids is 3. The summed E-state index contributed by atoms with van der Waals surface area (Å²) in [5.74, 6) is -0.833. The minimum atomic E-state index is -1.10. The highest BCUT2D eigenvalue weighted by atomic mass is 16.5. The van der Waals surface area contributed by atoms with Gasteiger partial charge in [0.05, 0.1) is 20.8 Å². The second kappa shape index (κ2) is 13.4. The van der Waals surface area contributed by atoms with Gasteiger partial charge in [0, 0.05) is 13.1 Å². The summed E-state index contributed by atoms with van der Waals surface area (Å²) in [5, 5.41) is 0. The normalized spacial score (nSPS) is 17.9. The lowest BCUT2D eigenvalue weighted by atomic mass is 9.84. The number of hydrogen-bond donors (Lipinski definition) is 0. The zero-order chi connectivity index (χ0) is 29.5. The third kappa shape index (κ3) is 6.53. The van der Waals surface area contributed by atoms with E-state index in [1.807, 2.05) is 80.6 Å². The van der Waals surface area contributed by atoms with Crippen LogP contribution in [0.15, 0.2) is 78.9 Å². The highest BCUT2D eigenvalue weighted by Gasteiger charge is 2.52. The third-order valence-corrected chi connectivity index (χ3v) is 7.41. The SMILES string of the molecule is CCOC(=O)[C@@H](c1ccccc1)[C@@H]1C(=O)N(Cc2ccc(OC)cc2)[C@@H](C(C)C)C(=O)N1Cc1ccc(OC)cc1. The predicted octanol–water partition coefficient (Wildman–Crippen LogP) is 4.81. The quantitative estimate of drug-likeness (QED) is 0.314. The molecule has 2 amide bonds. The fraction of sp³-hybridized carbons (Fsp3) is 0.364. The van der Waals surface area contributed by atoms with Crippen LogP contribution in [0, 0.1) is 5.92 Å². The number of rotatable bonds is 11. The van der Waals surface area contributed by atoms with Crippen molar-refractivity contribution in [1.82, 2.24) is 9.80 Å². The summed E-state index contributed by atoms with van der Waals surface area (Å²) in [7, 11) is 3.18. The van der Waals surface area contributed by atoms with Crippen molar-refractivity contribution in [2.45, 2.75) is 51.9 Å². The van der Waals surface area contributed by atoms with Crippen LogP contribution in [0.5, 0.6) is 11.5 Å². The van der Waals surface area contributed by atoms with Crippen LogP contribution in [0.3, 0.4) is 0 Å². The fourth-order valence-corrected chi connectivity index (χ4v) is 5.40. The van der Waals surface area contributed by atoms with Crippen LogP contribution >= 0.6 is 0 Å². The Bertz CT molecular complexity index is 1320. The smallest absolute Gasteiger partial charge is 0.316 e. The molecule has 0 spiro atoms. The van der Waals surface area contributed by atoms with Gasteiger partial charge in [-0.05, 0) is 53.8 Å². The summed E-state index contributed by atoms with van der Waals surface area (Å²) in [6.07, 6.45) is 0. The number of nitrogens with zero attached hydrogens (tertiary/aromatic N) is 2. The molecule has 0 N–H and O–H groups in total. The van der Waals surface area contributed by atoms with E-state index in [0.29, 0.717) is 17.1 Å². The summed E-state index contributed by atoms with van der Waals surface area (Å²) in [4.78, 5) is 45.8. The molecule has 1 saturated heterocycles. The zero-order valence-corrected chi connectivity index (χ0v) is 24.3. The second-order valence-corrected chi connectivity index (χ2v) is 10.4. The molecule has 3 aromatic carbocycles. The van der Waals surface area contributed by atoms with Gasteiger partial charge in [-0.2, -0.15) is 0 Å². The highest BCUT2D eigenvalue weighted by Crippen LogP contribution is 2.35. The molecule has 0 bridgehead atoms. The Balaban J connectivity index is 1.83. The van der Waals surface area contributed by atoms with E-state index in [2.05, 4.69) is 0 Å². The Morgan fingerprint density at radius 1 is 0.732 bits per heavy atom. The lowest BCUT2D eigenvalue weighted by Crippen LogP contribution is -2.67. The summed E-state index contributed by atoms with van der Waals surface area (Å²) < 4.78 is 16.1. The van der Waals surface area contributed by atoms with E-state index in [9.17, 15) is 14.4 Å². The molecule has 1 aliphatic rings. The molecule has 3 atom stereocenters. The van der Waals surface area contributed by atoms with Gasteiger partial charge in [-0.3, -0.25) is 14.4 Å². The van der Waals surface area contributed by atoms with E-state index in [1.54, 1.807) is 43.1 Å². The van der Waals surface area contributed by atoms with Gasteiger partial charge in [0.1, 0.15) is 29.5 Å². The maximum absolute atomic E-state index is 14.6. The number of carbonyl (C=O) groups is 3. The molecule has 0 unspecified atom stereocenters. The van der Waals surface area contributed by atoms with Gasteiger partial charge in [0.25, 0.3) is 0 Å². The van der Waals surface area contributed by atoms with Crippen molar-refractivity contribution in [3.8, 4) is 11.5 Å². The average Bonchev–Trinajstić information content (AvgIpc) is 2.98. The molecule has 216 valence electrons. The first kappa shape index (κ1) is 29.6. The molecule has 4 rings (SSSR count). The summed E-state index contributed by atoms with van der Waals surface area (Å²) in [6.45, 7) is 6.12. The Morgan fingerprint density at radius 3 is 1.63 bits per heavy atom. The highest BCUT2D eigenvalue weighted by molar-refractivity contribution is 6.01. The molecule has 41 heavy (non-hydrogen) atoms. The molecule has 3 aromatic rings. The number of ether oxygens (including phenoxy) is 3. The number of amides is 2. The van der Waals surface area contributed by atoms with E-state index < -0.39 is 24.0 Å². The molecule has 0 aliphatic carbocycles. The summed E-state index contributed by atoms with van der Waals surface area (Å²) in [5.41, 5.74) is 2.29. The minimum Gasteiger partial charge on any atom is -0.497 e. The van der Waals surface area contributed by atoms with Crippen molar-refractivity contribution in [2.75, 3.05) is 20.8 Å². The number of benzene rings is 3. The molecule has 1 aliphatic heterocycles. The van der Waals surface area contributed by atoms with Crippen LogP contribution < -0.4 is 9.47 Å². The van der Waals surface area contributed by atoms with Crippen LogP contribution in [0.4, 0.5) is 0 Å². The van der Waals surface area contributed by atoms with Crippen LogP contribution in [0.2, 0.25) is 0 Å². The van der Waals surface area contributed by atoms with Gasteiger partial charge in [0.2, 0.25) is 11.8 Å². The Hall–Kier alpha value is -4.33. The van der Waals surface area contributed by atoms with Gasteiger partial charge in [-0.25, -0.2) is 0 Å². The van der Waals surface area contributed by atoms with Crippen LogP contribution in [-0.4, -0.2) is 60.5 Å².